The molecule has 0 N–H and O–H groups in total. The van der Waals surface area contributed by atoms with Crippen LogP contribution in [0.5, 0.6) is 0 Å². The van der Waals surface area contributed by atoms with Gasteiger partial charge in [0, 0.05) is 11.8 Å². The fourth-order valence-electron chi connectivity index (χ4n) is 14.3. The van der Waals surface area contributed by atoms with Crippen molar-refractivity contribution in [3.8, 4) is 0 Å². The third-order valence-electron chi connectivity index (χ3n) is 21.8. The van der Waals surface area contributed by atoms with E-state index in [-0.39, 0.29) is 49.9 Å². The van der Waals surface area contributed by atoms with E-state index in [1.165, 1.54) is 53.4 Å². The van der Waals surface area contributed by atoms with Gasteiger partial charge >= 0.3 is 42.7 Å². The van der Waals surface area contributed by atoms with Gasteiger partial charge in [-0.1, -0.05) is 135 Å². The first kappa shape index (κ1) is 89.2. The highest BCUT2D eigenvalue weighted by atomic mass is 19.4. The lowest BCUT2D eigenvalue weighted by atomic mass is 9.68. The number of rotatable bonds is 0. The van der Waals surface area contributed by atoms with E-state index in [2.05, 4.69) is 20.8 Å². The van der Waals surface area contributed by atoms with Gasteiger partial charge in [0.25, 0.3) is 5.92 Å². The summed E-state index contributed by atoms with van der Waals surface area (Å²) in [7, 11) is 0. The third-order valence-corrected chi connectivity index (χ3v) is 21.8. The van der Waals surface area contributed by atoms with Crippen LogP contribution >= 0.6 is 0 Å². The van der Waals surface area contributed by atoms with Gasteiger partial charge in [0.15, 0.2) is 0 Å². The molecule has 0 aromatic rings. The van der Waals surface area contributed by atoms with E-state index in [1.54, 1.807) is 20.8 Å². The molecule has 0 spiro atoms. The zero-order chi connectivity index (χ0) is 73.2. The van der Waals surface area contributed by atoms with Crippen LogP contribution in [0.3, 0.4) is 0 Å². The third kappa shape index (κ3) is 25.4. The van der Waals surface area contributed by atoms with Gasteiger partial charge < -0.3 is 0 Å². The minimum absolute atomic E-state index is 0.196. The molecule has 558 valence electrons. The fourth-order valence-corrected chi connectivity index (χ4v) is 14.3. The smallest absolute Gasteiger partial charge is 0.247 e. The summed E-state index contributed by atoms with van der Waals surface area (Å²) in [4.78, 5) is 0. The largest absolute Gasteiger partial charge is 0.394 e. The van der Waals surface area contributed by atoms with Crippen LogP contribution in [0.2, 0.25) is 0 Å². The summed E-state index contributed by atoms with van der Waals surface area (Å²) in [6, 6.07) is 0. The molecule has 0 radical (unpaired) electrons. The minimum atomic E-state index is -5.36. The molecule has 26 heteroatoms. The van der Waals surface area contributed by atoms with Crippen LogP contribution in [0.25, 0.3) is 0 Å². The van der Waals surface area contributed by atoms with Crippen molar-refractivity contribution in [2.45, 2.75) is 318 Å². The van der Waals surface area contributed by atoms with E-state index in [0.717, 1.165) is 75.5 Å². The molecule has 8 fully saturated rings. The van der Waals surface area contributed by atoms with Crippen molar-refractivity contribution in [1.29, 1.82) is 0 Å². The Morgan fingerprint density at radius 3 is 0.957 bits per heavy atom. The van der Waals surface area contributed by atoms with Crippen molar-refractivity contribution in [3.63, 3.8) is 0 Å². The van der Waals surface area contributed by atoms with Gasteiger partial charge in [-0.2, -0.15) is 83.4 Å². The number of hydrogen-bond donors (Lipinski definition) is 0. The first-order valence-corrected chi connectivity index (χ1v) is 33.3. The standard InChI is InChI=1S/C10H14F6.3C9H15F3.C8H15F.C8H16.C7H7F7.C7H11F3/c1-5-3-6(2)8(10(14,15)16)7(4-5)9(11,12)13;1-6-3-7(2)5-8(4-6)9(10,11)12;1-7-3-5-8(2,6-4-7)9(10,11)12;1-6-4-3-5-8(7(6)2)9(10,11)12;1-7-3-5-8(2,9)6-4-7;1-7-3-5-8(2)6-4-7;1-3-5(9,10)4(2,8)7(13,14)6(3,11)12;1-3-5(8)4(2)7(10)6(3)9/h5-8H,3-4H2,1-2H3;6-8H,3-5H2,1-2H3;7H,3-6H2,1-2H3;6-8H,3-5H2,1-2H3;7H,3-6H2,1-2H3;7-8H,3-6H2,1-2H3;3H,1-2H3;3-7H,1-2H3/t5-,6?,7?,8?;6-,7?,8?;;6?,7-,8?;;;3-,4?;/m00.1..0./s1. The number of alkyl halides is 26. The minimum Gasteiger partial charge on any atom is -0.247 e. The Hall–Kier alpha value is -1.82. The van der Waals surface area contributed by atoms with E-state index in [4.69, 9.17) is 0 Å². The van der Waals surface area contributed by atoms with Crippen molar-refractivity contribution in [2.24, 2.45) is 106 Å². The van der Waals surface area contributed by atoms with Gasteiger partial charge in [-0.25, -0.2) is 30.7 Å². The Morgan fingerprint density at radius 2 is 0.688 bits per heavy atom. The normalized spacial score (nSPS) is 41.6. The average molecular weight is 1410 g/mol. The quantitative estimate of drug-likeness (QED) is 0.212. The fraction of sp³-hybridized carbons (Fsp3) is 1.00. The molecule has 0 amide bonds. The Kier molecular flexibility index (Phi) is 33.1. The van der Waals surface area contributed by atoms with E-state index in [1.807, 2.05) is 27.7 Å². The summed E-state index contributed by atoms with van der Waals surface area (Å²) in [6.45, 7) is 25.1. The van der Waals surface area contributed by atoms with E-state index < -0.39 is 138 Å². The predicted molar refractivity (Wildman–Crippen MR) is 312 cm³/mol. The number of hydrogen-bond acceptors (Lipinski definition) is 0. The van der Waals surface area contributed by atoms with Crippen LogP contribution in [0.1, 0.15) is 239 Å². The Balaban J connectivity index is 0.000000535. The van der Waals surface area contributed by atoms with Gasteiger partial charge in [0.1, 0.15) is 24.2 Å². The van der Waals surface area contributed by atoms with Crippen LogP contribution in [-0.4, -0.2) is 78.5 Å². The summed E-state index contributed by atoms with van der Waals surface area (Å²) < 4.78 is 327. The summed E-state index contributed by atoms with van der Waals surface area (Å²) in [6.07, 6.45) is -11.0. The van der Waals surface area contributed by atoms with Gasteiger partial charge in [-0.05, 0) is 163 Å². The van der Waals surface area contributed by atoms with Crippen LogP contribution in [0, 0.1) is 106 Å². The molecule has 8 rings (SSSR count). The topological polar surface area (TPSA) is 0 Å². The van der Waals surface area contributed by atoms with E-state index in [9.17, 15) is 114 Å². The van der Waals surface area contributed by atoms with E-state index in [0.29, 0.717) is 38.0 Å². The highest BCUT2D eigenvalue weighted by Crippen LogP contribution is 2.65. The molecule has 0 aromatic heterocycles. The summed E-state index contributed by atoms with van der Waals surface area (Å²) in [5, 5.41) is 0. The first-order valence-electron chi connectivity index (χ1n) is 33.3. The highest BCUT2D eigenvalue weighted by molar-refractivity contribution is 5.19. The number of halogens is 26. The summed E-state index contributed by atoms with van der Waals surface area (Å²) in [5.74, 6) is -23.8. The molecular weight excluding hydrogens is 1300 g/mol. The molecular formula is C67H108F26. The predicted octanol–water partition coefficient (Wildman–Crippen LogP) is 26.7. The van der Waals surface area contributed by atoms with Crippen molar-refractivity contribution in [2.75, 3.05) is 0 Å². The lowest BCUT2D eigenvalue weighted by molar-refractivity contribution is -0.276. The van der Waals surface area contributed by atoms with Crippen LogP contribution in [-0.2, 0) is 0 Å². The van der Waals surface area contributed by atoms with Crippen LogP contribution in [0.4, 0.5) is 114 Å². The Bertz CT molecular complexity index is 1990. The molecule has 93 heavy (non-hydrogen) atoms. The highest BCUT2D eigenvalue weighted by Gasteiger charge is 2.88. The molecule has 0 heterocycles. The van der Waals surface area contributed by atoms with Gasteiger partial charge in [0.05, 0.1) is 35.0 Å². The lowest BCUT2D eigenvalue weighted by Gasteiger charge is -2.41. The van der Waals surface area contributed by atoms with Gasteiger partial charge in [0.2, 0.25) is 5.67 Å². The maximum Gasteiger partial charge on any atom is 0.394 e. The lowest BCUT2D eigenvalue weighted by Crippen LogP contribution is -2.52. The summed E-state index contributed by atoms with van der Waals surface area (Å²) >= 11 is 0. The van der Waals surface area contributed by atoms with Crippen molar-refractivity contribution in [1.82, 2.24) is 0 Å². The van der Waals surface area contributed by atoms with Crippen molar-refractivity contribution in [3.05, 3.63) is 0 Å². The Labute approximate surface area is 536 Å². The van der Waals surface area contributed by atoms with Crippen molar-refractivity contribution >= 4 is 0 Å². The molecule has 0 nitrogen and oxygen atoms in total. The summed E-state index contributed by atoms with van der Waals surface area (Å²) in [5.41, 5.74) is -6.77. The average Bonchev–Trinajstić information content (AvgIpc) is 1.54. The van der Waals surface area contributed by atoms with Gasteiger partial charge in [-0.15, -0.1) is 0 Å². The second kappa shape index (κ2) is 34.5. The zero-order valence-electron chi connectivity index (χ0n) is 57.0. The van der Waals surface area contributed by atoms with E-state index >= 15 is 0 Å². The molecule has 0 aliphatic heterocycles. The van der Waals surface area contributed by atoms with Crippen LogP contribution < -0.4 is 0 Å². The van der Waals surface area contributed by atoms with Crippen LogP contribution in [0.15, 0.2) is 0 Å². The molecule has 0 aromatic carbocycles. The molecule has 0 bridgehead atoms. The molecule has 16 atom stereocenters. The zero-order valence-corrected chi connectivity index (χ0v) is 57.0. The molecule has 8 saturated carbocycles. The molecule has 12 unspecified atom stereocenters. The molecule has 0 saturated heterocycles. The SMILES string of the molecule is CC1C(F)C(C)C(F)C1F.CC1CC(C(F)(F)F)C[C@@H](C)C1.CC1CCC(C)(C(F)(F)F)CC1.CC1CCC(C)(F)CC1.CC1CCC(C)CC1.CC1CCCC(C(F)(F)F)[C@@H]1C.CC1C[C@H](C)CC(C(F)(F)F)C1C(F)(F)F.C[C@H]1C(F)(F)C(C)(F)C(F)(F)C1(F)F. The van der Waals surface area contributed by atoms with Crippen molar-refractivity contribution < 1.29 is 114 Å². The monoisotopic (exact) mass is 1410 g/mol. The Morgan fingerprint density at radius 1 is 0.323 bits per heavy atom. The first-order chi connectivity index (χ1) is 41.5. The van der Waals surface area contributed by atoms with Gasteiger partial charge in [-0.3, -0.25) is 0 Å². The second-order valence-corrected chi connectivity index (χ2v) is 30.6. The maximum absolute atomic E-state index is 13.0. The molecule has 8 aliphatic rings. The molecule has 8 aliphatic carbocycles. The maximum atomic E-state index is 13.0. The second-order valence-electron chi connectivity index (χ2n) is 30.6.